The molecular formula is C11H13ClN2OS. The molecule has 0 aliphatic carbocycles. The Morgan fingerprint density at radius 1 is 1.56 bits per heavy atom. The van der Waals surface area contributed by atoms with Gasteiger partial charge in [0.1, 0.15) is 0 Å². The summed E-state index contributed by atoms with van der Waals surface area (Å²) >= 11 is 10.3. The molecule has 1 saturated heterocycles. The van der Waals surface area contributed by atoms with Crippen molar-refractivity contribution in [3.63, 3.8) is 0 Å². The van der Waals surface area contributed by atoms with E-state index in [-0.39, 0.29) is 11.8 Å². The smallest absolute Gasteiger partial charge is 0.227 e. The molecule has 5 heteroatoms. The summed E-state index contributed by atoms with van der Waals surface area (Å²) in [6.45, 7) is 0.649. The Morgan fingerprint density at radius 3 is 2.88 bits per heavy atom. The zero-order valence-corrected chi connectivity index (χ0v) is 10.3. The minimum Gasteiger partial charge on any atom is -0.397 e. The Morgan fingerprint density at radius 2 is 2.31 bits per heavy atom. The first-order valence-corrected chi connectivity index (χ1v) is 6.09. The Bertz CT molecular complexity index is 404. The van der Waals surface area contributed by atoms with Gasteiger partial charge in [-0.25, -0.2) is 0 Å². The second-order valence-electron chi connectivity index (χ2n) is 3.93. The molecule has 2 rings (SSSR count). The molecule has 16 heavy (non-hydrogen) atoms. The largest absolute Gasteiger partial charge is 0.397 e. The van der Waals surface area contributed by atoms with Gasteiger partial charge in [-0.05, 0) is 23.8 Å². The molecule has 1 aromatic rings. The fraction of sp³-hybridized carbons (Fsp3) is 0.364. The molecule has 0 saturated carbocycles. The van der Waals surface area contributed by atoms with Crippen molar-refractivity contribution in [3.05, 3.63) is 23.2 Å². The van der Waals surface area contributed by atoms with Crippen LogP contribution in [0.1, 0.15) is 6.42 Å². The van der Waals surface area contributed by atoms with E-state index >= 15 is 0 Å². The van der Waals surface area contributed by atoms with Crippen molar-refractivity contribution < 1.29 is 4.79 Å². The number of anilines is 2. The van der Waals surface area contributed by atoms with Crippen LogP contribution in [0.15, 0.2) is 18.2 Å². The van der Waals surface area contributed by atoms with Crippen molar-refractivity contribution in [1.29, 1.82) is 0 Å². The highest BCUT2D eigenvalue weighted by molar-refractivity contribution is 7.80. The van der Waals surface area contributed by atoms with Crippen LogP contribution < -0.4 is 10.6 Å². The molecule has 1 heterocycles. The van der Waals surface area contributed by atoms with Gasteiger partial charge in [0.05, 0.1) is 16.4 Å². The molecule has 1 atom stereocenters. The van der Waals surface area contributed by atoms with E-state index in [0.29, 0.717) is 35.1 Å². The molecule has 1 aliphatic heterocycles. The molecule has 1 aliphatic rings. The van der Waals surface area contributed by atoms with Crippen LogP contribution in [-0.4, -0.2) is 18.2 Å². The van der Waals surface area contributed by atoms with Gasteiger partial charge < -0.3 is 10.6 Å². The molecule has 0 bridgehead atoms. The third kappa shape index (κ3) is 1.99. The third-order valence-corrected chi connectivity index (χ3v) is 3.57. The molecule has 2 N–H and O–H groups in total. The summed E-state index contributed by atoms with van der Waals surface area (Å²) in [4.78, 5) is 13.5. The van der Waals surface area contributed by atoms with E-state index in [2.05, 4.69) is 12.6 Å². The van der Waals surface area contributed by atoms with Crippen LogP contribution in [0.4, 0.5) is 11.4 Å². The van der Waals surface area contributed by atoms with Crippen molar-refractivity contribution in [2.75, 3.05) is 22.9 Å². The Labute approximate surface area is 105 Å². The number of nitrogen functional groups attached to an aromatic ring is 1. The van der Waals surface area contributed by atoms with Crippen molar-refractivity contribution in [1.82, 2.24) is 0 Å². The lowest BCUT2D eigenvalue weighted by Gasteiger charge is -2.19. The van der Waals surface area contributed by atoms with Crippen molar-refractivity contribution in [2.24, 2.45) is 5.92 Å². The standard InChI is InChI=1S/C11H13ClN2OS/c12-8-2-1-3-9(13)11(8)14-5-7(6-16)4-10(14)15/h1-3,7,16H,4-6,13H2. The minimum atomic E-state index is 0.0684. The van der Waals surface area contributed by atoms with E-state index in [1.807, 2.05) is 0 Å². The summed E-state index contributed by atoms with van der Waals surface area (Å²) in [5.41, 5.74) is 7.03. The third-order valence-electron chi connectivity index (χ3n) is 2.75. The Hall–Kier alpha value is -0.870. The monoisotopic (exact) mass is 256 g/mol. The zero-order chi connectivity index (χ0) is 11.7. The maximum absolute atomic E-state index is 11.8. The number of benzene rings is 1. The number of hydrogen-bond donors (Lipinski definition) is 2. The van der Waals surface area contributed by atoms with Crippen molar-refractivity contribution in [3.8, 4) is 0 Å². The molecule has 86 valence electrons. The summed E-state index contributed by atoms with van der Waals surface area (Å²) in [6, 6.07) is 5.27. The van der Waals surface area contributed by atoms with Crippen LogP contribution in [0.3, 0.4) is 0 Å². The first-order chi connectivity index (χ1) is 7.63. The van der Waals surface area contributed by atoms with Crippen LogP contribution in [0.2, 0.25) is 5.02 Å². The van der Waals surface area contributed by atoms with E-state index in [9.17, 15) is 4.79 Å². The van der Waals surface area contributed by atoms with E-state index in [4.69, 9.17) is 17.3 Å². The van der Waals surface area contributed by atoms with Gasteiger partial charge in [0.15, 0.2) is 0 Å². The number of thiol groups is 1. The van der Waals surface area contributed by atoms with Crippen LogP contribution >= 0.6 is 24.2 Å². The number of carbonyl (C=O) groups is 1. The average molecular weight is 257 g/mol. The predicted octanol–water partition coefficient (Wildman–Crippen LogP) is 2.20. The molecular weight excluding hydrogens is 244 g/mol. The maximum Gasteiger partial charge on any atom is 0.227 e. The van der Waals surface area contributed by atoms with E-state index < -0.39 is 0 Å². The summed E-state index contributed by atoms with van der Waals surface area (Å²) < 4.78 is 0. The van der Waals surface area contributed by atoms with Crippen LogP contribution in [-0.2, 0) is 4.79 Å². The second-order valence-corrected chi connectivity index (χ2v) is 4.71. The van der Waals surface area contributed by atoms with Crippen LogP contribution in [0.25, 0.3) is 0 Å². The van der Waals surface area contributed by atoms with Gasteiger partial charge in [-0.15, -0.1) is 0 Å². The first-order valence-electron chi connectivity index (χ1n) is 5.08. The number of rotatable bonds is 2. The SMILES string of the molecule is Nc1cccc(Cl)c1N1CC(CS)CC1=O. The molecule has 1 aromatic carbocycles. The lowest BCUT2D eigenvalue weighted by atomic mass is 10.1. The summed E-state index contributed by atoms with van der Waals surface area (Å²) in [7, 11) is 0. The van der Waals surface area contributed by atoms with Gasteiger partial charge in [-0.3, -0.25) is 4.79 Å². The Balaban J connectivity index is 2.35. The summed E-state index contributed by atoms with van der Waals surface area (Å²) in [5.74, 6) is 1.05. The number of nitrogens with zero attached hydrogens (tertiary/aromatic N) is 1. The van der Waals surface area contributed by atoms with Crippen LogP contribution in [0.5, 0.6) is 0 Å². The average Bonchev–Trinajstić information content (AvgIpc) is 2.60. The van der Waals surface area contributed by atoms with E-state index in [1.165, 1.54) is 0 Å². The molecule has 0 aromatic heterocycles. The molecule has 0 spiro atoms. The first kappa shape index (κ1) is 11.6. The van der Waals surface area contributed by atoms with Crippen molar-refractivity contribution >= 4 is 41.5 Å². The van der Waals surface area contributed by atoms with Gasteiger partial charge in [0.2, 0.25) is 5.91 Å². The summed E-state index contributed by atoms with van der Waals surface area (Å²) in [5, 5.41) is 0.521. The van der Waals surface area contributed by atoms with E-state index in [1.54, 1.807) is 23.1 Å². The van der Waals surface area contributed by atoms with Gasteiger partial charge in [0.25, 0.3) is 0 Å². The van der Waals surface area contributed by atoms with Gasteiger partial charge in [0, 0.05) is 13.0 Å². The lowest BCUT2D eigenvalue weighted by Crippen LogP contribution is -2.26. The van der Waals surface area contributed by atoms with Gasteiger partial charge >= 0.3 is 0 Å². The van der Waals surface area contributed by atoms with Crippen LogP contribution in [0, 0.1) is 5.92 Å². The quantitative estimate of drug-likeness (QED) is 0.630. The molecule has 1 unspecified atom stereocenters. The fourth-order valence-electron chi connectivity index (χ4n) is 1.94. The van der Waals surface area contributed by atoms with Gasteiger partial charge in [-0.2, -0.15) is 12.6 Å². The topological polar surface area (TPSA) is 46.3 Å². The zero-order valence-electron chi connectivity index (χ0n) is 8.69. The number of amides is 1. The molecule has 3 nitrogen and oxygen atoms in total. The number of carbonyl (C=O) groups excluding carboxylic acids is 1. The second kappa shape index (κ2) is 4.55. The number of halogens is 1. The van der Waals surface area contributed by atoms with E-state index in [0.717, 1.165) is 0 Å². The molecule has 1 fully saturated rings. The number of nitrogens with two attached hydrogens (primary N) is 1. The summed E-state index contributed by atoms with van der Waals surface area (Å²) in [6.07, 6.45) is 0.522. The Kier molecular flexibility index (Phi) is 3.30. The highest BCUT2D eigenvalue weighted by Gasteiger charge is 2.31. The highest BCUT2D eigenvalue weighted by atomic mass is 35.5. The highest BCUT2D eigenvalue weighted by Crippen LogP contribution is 2.35. The molecule has 1 amide bonds. The van der Waals surface area contributed by atoms with Crippen molar-refractivity contribution in [2.45, 2.75) is 6.42 Å². The predicted molar refractivity (Wildman–Crippen MR) is 70.2 cm³/mol. The molecule has 0 radical (unpaired) electrons. The minimum absolute atomic E-state index is 0.0684. The fourth-order valence-corrected chi connectivity index (χ4v) is 2.47. The number of para-hydroxylation sites is 1. The maximum atomic E-state index is 11.8. The normalized spacial score (nSPS) is 20.5. The number of hydrogen-bond acceptors (Lipinski definition) is 3. The van der Waals surface area contributed by atoms with Gasteiger partial charge in [-0.1, -0.05) is 17.7 Å². The lowest BCUT2D eigenvalue weighted by molar-refractivity contribution is -0.117.